The van der Waals surface area contributed by atoms with Gasteiger partial charge in [0.2, 0.25) is 0 Å². The topological polar surface area (TPSA) is 118 Å². The van der Waals surface area contributed by atoms with E-state index in [1.165, 1.54) is 0 Å². The Morgan fingerprint density at radius 1 is 1.38 bits per heavy atom. The monoisotopic (exact) mass is 467 g/mol. The molecule has 8 heteroatoms. The predicted molar refractivity (Wildman–Crippen MR) is 116 cm³/mol. The molecule has 140 valence electrons. The fraction of sp³-hybridized carbons (Fsp3) is 0.389. The fourth-order valence-corrected chi connectivity index (χ4v) is 2.39. The second kappa shape index (κ2) is 10.7. The summed E-state index contributed by atoms with van der Waals surface area (Å²) in [7, 11) is 0. The zero-order chi connectivity index (χ0) is 18.2. The SMILES string of the molecule is CCC(C)NC(N)=NCCCc1nn(-c2ccccc2)c(N)c1C#N.I. The molecular formula is C18H26IN7. The van der Waals surface area contributed by atoms with E-state index in [4.69, 9.17) is 11.5 Å². The standard InChI is InChI=1S/C18H25N7.HI/c1-3-13(2)23-18(21)22-11-7-10-16-15(12-19)17(20)25(24-16)14-8-5-4-6-9-14;/h4-6,8-9,13H,3,7,10-11,20H2,1-2H3,(H3,21,22,23);1H. The molecule has 0 fully saturated rings. The number of nitrogens with one attached hydrogen (secondary N) is 1. The number of benzene rings is 1. The zero-order valence-corrected chi connectivity index (χ0v) is 17.5. The molecule has 7 nitrogen and oxygen atoms in total. The van der Waals surface area contributed by atoms with Gasteiger partial charge in [-0.25, -0.2) is 4.68 Å². The highest BCUT2D eigenvalue weighted by atomic mass is 127. The summed E-state index contributed by atoms with van der Waals surface area (Å²) >= 11 is 0. The number of aromatic nitrogens is 2. The fourth-order valence-electron chi connectivity index (χ4n) is 2.39. The van der Waals surface area contributed by atoms with E-state index in [0.29, 0.717) is 42.0 Å². The number of anilines is 1. The molecule has 0 spiro atoms. The number of halogens is 1. The number of nitriles is 1. The van der Waals surface area contributed by atoms with Crippen LogP contribution in [0.3, 0.4) is 0 Å². The van der Waals surface area contributed by atoms with E-state index in [1.807, 2.05) is 30.3 Å². The molecule has 1 aromatic heterocycles. The number of nitrogen functional groups attached to an aromatic ring is 1. The highest BCUT2D eigenvalue weighted by Gasteiger charge is 2.15. The molecule has 26 heavy (non-hydrogen) atoms. The lowest BCUT2D eigenvalue weighted by molar-refractivity contribution is 0.635. The lowest BCUT2D eigenvalue weighted by Gasteiger charge is -2.11. The van der Waals surface area contributed by atoms with Gasteiger partial charge in [0, 0.05) is 12.6 Å². The van der Waals surface area contributed by atoms with Crippen LogP contribution in [0.25, 0.3) is 5.69 Å². The summed E-state index contributed by atoms with van der Waals surface area (Å²) in [5.41, 5.74) is 13.9. The third-order valence-electron chi connectivity index (χ3n) is 3.97. The van der Waals surface area contributed by atoms with Crippen LogP contribution in [0.2, 0.25) is 0 Å². The average Bonchev–Trinajstić information content (AvgIpc) is 2.94. The molecule has 0 aliphatic rings. The van der Waals surface area contributed by atoms with E-state index in [-0.39, 0.29) is 24.0 Å². The van der Waals surface area contributed by atoms with E-state index in [1.54, 1.807) is 4.68 Å². The number of nitrogens with two attached hydrogens (primary N) is 2. The van der Waals surface area contributed by atoms with Gasteiger partial charge < -0.3 is 16.8 Å². The molecule has 1 aromatic carbocycles. The maximum absolute atomic E-state index is 9.39. The average molecular weight is 467 g/mol. The number of hydrogen-bond donors (Lipinski definition) is 3. The molecule has 2 rings (SSSR count). The minimum atomic E-state index is 0. The first-order valence-electron chi connectivity index (χ1n) is 8.46. The molecule has 1 atom stereocenters. The van der Waals surface area contributed by atoms with Gasteiger partial charge in [-0.15, -0.1) is 24.0 Å². The maximum atomic E-state index is 9.39. The first-order valence-corrected chi connectivity index (χ1v) is 8.46. The minimum absolute atomic E-state index is 0. The zero-order valence-electron chi connectivity index (χ0n) is 15.1. The van der Waals surface area contributed by atoms with Crippen molar-refractivity contribution in [2.24, 2.45) is 10.7 Å². The minimum Gasteiger partial charge on any atom is -0.382 e. The van der Waals surface area contributed by atoms with Crippen molar-refractivity contribution in [3.63, 3.8) is 0 Å². The number of hydrogen-bond acceptors (Lipinski definition) is 4. The Balaban J connectivity index is 0.00000338. The van der Waals surface area contributed by atoms with Gasteiger partial charge in [-0.3, -0.25) is 4.99 Å². The Labute approximate surface area is 171 Å². The summed E-state index contributed by atoms with van der Waals surface area (Å²) in [6.45, 7) is 4.71. The summed E-state index contributed by atoms with van der Waals surface area (Å²) in [6, 6.07) is 12.0. The van der Waals surface area contributed by atoms with Crippen molar-refractivity contribution in [1.82, 2.24) is 15.1 Å². The van der Waals surface area contributed by atoms with E-state index in [0.717, 1.165) is 18.5 Å². The van der Waals surface area contributed by atoms with Crippen molar-refractivity contribution >= 4 is 35.8 Å². The molecule has 0 aliphatic carbocycles. The van der Waals surface area contributed by atoms with Crippen LogP contribution in [-0.2, 0) is 6.42 Å². The third kappa shape index (κ3) is 5.62. The molecule has 0 amide bonds. The van der Waals surface area contributed by atoms with E-state index >= 15 is 0 Å². The number of para-hydroxylation sites is 1. The van der Waals surface area contributed by atoms with Crippen LogP contribution in [0.15, 0.2) is 35.3 Å². The summed E-state index contributed by atoms with van der Waals surface area (Å²) in [6.07, 6.45) is 2.34. The van der Waals surface area contributed by atoms with Crippen LogP contribution in [0.4, 0.5) is 5.82 Å². The Kier molecular flexibility index (Phi) is 8.92. The van der Waals surface area contributed by atoms with Gasteiger partial charge >= 0.3 is 0 Å². The van der Waals surface area contributed by atoms with Gasteiger partial charge in [-0.1, -0.05) is 25.1 Å². The van der Waals surface area contributed by atoms with Gasteiger partial charge in [0.25, 0.3) is 0 Å². The van der Waals surface area contributed by atoms with E-state index in [2.05, 4.69) is 35.3 Å². The quantitative estimate of drug-likeness (QED) is 0.250. The van der Waals surface area contributed by atoms with Crippen LogP contribution in [0.1, 0.15) is 37.9 Å². The van der Waals surface area contributed by atoms with Gasteiger partial charge in [0.05, 0.1) is 11.4 Å². The number of rotatable bonds is 7. The summed E-state index contributed by atoms with van der Waals surface area (Å²) < 4.78 is 1.61. The van der Waals surface area contributed by atoms with Crippen molar-refractivity contribution in [1.29, 1.82) is 5.26 Å². The lowest BCUT2D eigenvalue weighted by atomic mass is 10.1. The summed E-state index contributed by atoms with van der Waals surface area (Å²) in [5, 5.41) is 17.0. The van der Waals surface area contributed by atoms with Crippen LogP contribution >= 0.6 is 24.0 Å². The molecule has 0 bridgehead atoms. The highest BCUT2D eigenvalue weighted by Crippen LogP contribution is 2.21. The molecule has 0 saturated carbocycles. The molecule has 1 heterocycles. The van der Waals surface area contributed by atoms with Crippen LogP contribution in [0, 0.1) is 11.3 Å². The molecule has 0 aliphatic heterocycles. The Morgan fingerprint density at radius 3 is 2.69 bits per heavy atom. The van der Waals surface area contributed by atoms with Crippen molar-refractivity contribution in [2.75, 3.05) is 12.3 Å². The molecule has 1 unspecified atom stereocenters. The number of aryl methyl sites for hydroxylation is 1. The van der Waals surface area contributed by atoms with Crippen molar-refractivity contribution in [3.8, 4) is 11.8 Å². The van der Waals surface area contributed by atoms with Crippen molar-refractivity contribution < 1.29 is 0 Å². The largest absolute Gasteiger partial charge is 0.382 e. The van der Waals surface area contributed by atoms with Gasteiger partial charge in [0.15, 0.2) is 5.96 Å². The number of nitrogens with zero attached hydrogens (tertiary/aromatic N) is 4. The second-order valence-corrected chi connectivity index (χ2v) is 5.89. The molecular weight excluding hydrogens is 441 g/mol. The van der Waals surface area contributed by atoms with Crippen LogP contribution in [-0.4, -0.2) is 28.3 Å². The first kappa shape index (κ1) is 21.8. The molecule has 2 aromatic rings. The summed E-state index contributed by atoms with van der Waals surface area (Å²) in [5.74, 6) is 0.814. The lowest BCUT2D eigenvalue weighted by Crippen LogP contribution is -2.38. The van der Waals surface area contributed by atoms with Gasteiger partial charge in [-0.05, 0) is 38.3 Å². The van der Waals surface area contributed by atoms with Gasteiger partial charge in [-0.2, -0.15) is 10.4 Å². The number of aliphatic imine (C=N–C) groups is 1. The van der Waals surface area contributed by atoms with Crippen molar-refractivity contribution in [3.05, 3.63) is 41.6 Å². The highest BCUT2D eigenvalue weighted by molar-refractivity contribution is 14.0. The molecule has 0 radical (unpaired) electrons. The smallest absolute Gasteiger partial charge is 0.188 e. The first-order chi connectivity index (χ1) is 12.1. The second-order valence-electron chi connectivity index (χ2n) is 5.89. The van der Waals surface area contributed by atoms with E-state index < -0.39 is 0 Å². The Morgan fingerprint density at radius 2 is 2.08 bits per heavy atom. The van der Waals surface area contributed by atoms with E-state index in [9.17, 15) is 5.26 Å². The van der Waals surface area contributed by atoms with Gasteiger partial charge in [0.1, 0.15) is 17.5 Å². The Bertz CT molecular complexity index is 762. The van der Waals surface area contributed by atoms with Crippen LogP contribution in [0.5, 0.6) is 0 Å². The summed E-state index contributed by atoms with van der Waals surface area (Å²) in [4.78, 5) is 4.30. The maximum Gasteiger partial charge on any atom is 0.188 e. The third-order valence-corrected chi connectivity index (χ3v) is 3.97. The molecule has 5 N–H and O–H groups in total. The Hall–Kier alpha value is -2.28. The van der Waals surface area contributed by atoms with Crippen molar-refractivity contribution in [2.45, 2.75) is 39.2 Å². The normalized spacial score (nSPS) is 12.1. The predicted octanol–water partition coefficient (Wildman–Crippen LogP) is 2.58. The van der Waals surface area contributed by atoms with Crippen LogP contribution < -0.4 is 16.8 Å². The molecule has 0 saturated heterocycles. The number of guanidine groups is 1.